The van der Waals surface area contributed by atoms with E-state index in [2.05, 4.69) is 29.8 Å². The van der Waals surface area contributed by atoms with Gasteiger partial charge in [0.1, 0.15) is 5.54 Å². The molecule has 212 valence electrons. The molecule has 3 fully saturated rings. The van der Waals surface area contributed by atoms with Crippen LogP contribution in [-0.4, -0.2) is 46.9 Å². The van der Waals surface area contributed by atoms with E-state index in [-0.39, 0.29) is 35.7 Å². The predicted molar refractivity (Wildman–Crippen MR) is 156 cm³/mol. The molecule has 2 saturated carbocycles. The number of nitrogens with zero attached hydrogens (tertiary/aromatic N) is 1. The summed E-state index contributed by atoms with van der Waals surface area (Å²) in [6.45, 7) is 4.55. The summed E-state index contributed by atoms with van der Waals surface area (Å²) in [6.07, 6.45) is 5.37. The number of para-hydroxylation sites is 1. The van der Waals surface area contributed by atoms with Crippen molar-refractivity contribution in [3.63, 3.8) is 0 Å². The van der Waals surface area contributed by atoms with Crippen LogP contribution in [0, 0.1) is 23.7 Å². The Bertz CT molecular complexity index is 1330. The lowest BCUT2D eigenvalue weighted by atomic mass is 9.89. The minimum atomic E-state index is -1.13. The third-order valence-electron chi connectivity index (χ3n) is 9.29. The second kappa shape index (κ2) is 10.4. The third kappa shape index (κ3) is 5.07. The second-order valence-corrected chi connectivity index (χ2v) is 12.9. The fourth-order valence-corrected chi connectivity index (χ4v) is 6.83. The molecule has 0 aromatic heterocycles. The van der Waals surface area contributed by atoms with E-state index in [1.807, 2.05) is 24.3 Å². The molecule has 2 aromatic carbocycles. The lowest BCUT2D eigenvalue weighted by Gasteiger charge is -2.36. The first-order chi connectivity index (χ1) is 19.2. The SMILES string of the molecule is CC(C)[C@@H]1CN(C2(C(=O)Nc3ccccc3Cl)Cc3ccc(NC(=O)[C@@H](N)C(C4CC4)C4CC4)cc3C2)C(=O)N1. The molecule has 40 heavy (non-hydrogen) atoms. The largest absolute Gasteiger partial charge is 0.333 e. The Morgan fingerprint density at radius 1 is 1.02 bits per heavy atom. The third-order valence-corrected chi connectivity index (χ3v) is 9.62. The number of anilines is 2. The Morgan fingerprint density at radius 2 is 1.70 bits per heavy atom. The van der Waals surface area contributed by atoms with Crippen LogP contribution in [0.25, 0.3) is 0 Å². The lowest BCUT2D eigenvalue weighted by molar-refractivity contribution is -0.125. The van der Waals surface area contributed by atoms with Crippen molar-refractivity contribution < 1.29 is 14.4 Å². The van der Waals surface area contributed by atoms with E-state index in [9.17, 15) is 14.4 Å². The summed E-state index contributed by atoms with van der Waals surface area (Å²) in [4.78, 5) is 42.2. The number of carbonyl (C=O) groups is 3. The summed E-state index contributed by atoms with van der Waals surface area (Å²) >= 11 is 6.37. The molecule has 1 aliphatic heterocycles. The van der Waals surface area contributed by atoms with Crippen LogP contribution < -0.4 is 21.7 Å². The molecule has 8 nitrogen and oxygen atoms in total. The molecule has 0 radical (unpaired) electrons. The maximum Gasteiger partial charge on any atom is 0.318 e. The fraction of sp³-hybridized carbons (Fsp3) is 0.516. The first kappa shape index (κ1) is 27.1. The van der Waals surface area contributed by atoms with Gasteiger partial charge in [-0.25, -0.2) is 4.79 Å². The zero-order chi connectivity index (χ0) is 28.2. The van der Waals surface area contributed by atoms with Gasteiger partial charge in [0.25, 0.3) is 5.91 Å². The molecule has 6 rings (SSSR count). The molecule has 1 heterocycles. The standard InChI is InChI=1S/C31H38ClN5O3/c1-17(2)25-16-37(30(40)36-25)31(29(39)35-24-6-4-3-5-23(24)32)14-20-11-12-22(13-21(20)15-31)34-28(38)27(33)26(18-7-8-18)19-9-10-19/h3-6,11-13,17-19,25-27H,7-10,14-16,33H2,1-2H3,(H,34,38)(H,35,39)(H,36,40)/t25-,27-,31?/m0/s1. The molecule has 4 amide bonds. The Hall–Kier alpha value is -3.10. The summed E-state index contributed by atoms with van der Waals surface area (Å²) in [5, 5.41) is 9.54. The first-order valence-corrected chi connectivity index (χ1v) is 14.9. The number of amides is 4. The van der Waals surface area contributed by atoms with E-state index in [4.69, 9.17) is 17.3 Å². The van der Waals surface area contributed by atoms with E-state index in [1.54, 1.807) is 23.1 Å². The van der Waals surface area contributed by atoms with Gasteiger partial charge in [-0.15, -0.1) is 0 Å². The summed E-state index contributed by atoms with van der Waals surface area (Å²) in [7, 11) is 0. The number of hydrogen-bond acceptors (Lipinski definition) is 4. The summed E-state index contributed by atoms with van der Waals surface area (Å²) in [6, 6.07) is 12.0. The Labute approximate surface area is 240 Å². The van der Waals surface area contributed by atoms with Crippen molar-refractivity contribution in [2.24, 2.45) is 29.4 Å². The van der Waals surface area contributed by atoms with Crippen LogP contribution in [0.1, 0.15) is 50.7 Å². The highest BCUT2D eigenvalue weighted by Crippen LogP contribution is 2.50. The van der Waals surface area contributed by atoms with Crippen molar-refractivity contribution in [2.75, 3.05) is 17.2 Å². The molecule has 1 saturated heterocycles. The molecular formula is C31H38ClN5O3. The summed E-state index contributed by atoms with van der Waals surface area (Å²) in [5.74, 6) is 1.21. The van der Waals surface area contributed by atoms with Crippen LogP contribution >= 0.6 is 11.6 Å². The number of benzene rings is 2. The minimum absolute atomic E-state index is 0.0524. The molecule has 1 unspecified atom stereocenters. The maximum absolute atomic E-state index is 14.1. The van der Waals surface area contributed by atoms with Crippen molar-refractivity contribution in [3.05, 3.63) is 58.6 Å². The van der Waals surface area contributed by atoms with Crippen LogP contribution in [0.3, 0.4) is 0 Å². The number of urea groups is 1. The number of halogens is 1. The summed E-state index contributed by atoms with van der Waals surface area (Å²) in [5.41, 5.74) is 8.44. The van der Waals surface area contributed by atoms with E-state index >= 15 is 0 Å². The number of fused-ring (bicyclic) bond motifs is 1. The van der Waals surface area contributed by atoms with Gasteiger partial charge in [-0.3, -0.25) is 9.59 Å². The molecule has 0 bridgehead atoms. The highest BCUT2D eigenvalue weighted by atomic mass is 35.5. The molecule has 3 atom stereocenters. The highest BCUT2D eigenvalue weighted by Gasteiger charge is 2.54. The number of carbonyl (C=O) groups excluding carboxylic acids is 3. The molecule has 4 aliphatic rings. The van der Waals surface area contributed by atoms with Gasteiger partial charge < -0.3 is 26.6 Å². The van der Waals surface area contributed by atoms with Gasteiger partial charge in [0.2, 0.25) is 5.91 Å². The maximum atomic E-state index is 14.1. The van der Waals surface area contributed by atoms with Crippen LogP contribution in [0.5, 0.6) is 0 Å². The molecule has 3 aliphatic carbocycles. The number of rotatable bonds is 9. The van der Waals surface area contributed by atoms with Crippen LogP contribution in [-0.2, 0) is 22.4 Å². The van der Waals surface area contributed by atoms with Crippen molar-refractivity contribution in [1.29, 1.82) is 0 Å². The van der Waals surface area contributed by atoms with Gasteiger partial charge in [0.05, 0.1) is 22.8 Å². The smallest absolute Gasteiger partial charge is 0.318 e. The van der Waals surface area contributed by atoms with Gasteiger partial charge in [-0.1, -0.05) is 43.6 Å². The van der Waals surface area contributed by atoms with E-state index in [0.717, 1.165) is 11.1 Å². The van der Waals surface area contributed by atoms with Crippen molar-refractivity contribution in [1.82, 2.24) is 10.2 Å². The van der Waals surface area contributed by atoms with Crippen molar-refractivity contribution in [3.8, 4) is 0 Å². The normalized spacial score (nSPS) is 24.7. The van der Waals surface area contributed by atoms with Gasteiger partial charge in [0, 0.05) is 25.1 Å². The molecule has 0 spiro atoms. The molecular weight excluding hydrogens is 526 g/mol. The summed E-state index contributed by atoms with van der Waals surface area (Å²) < 4.78 is 0. The highest BCUT2D eigenvalue weighted by molar-refractivity contribution is 6.33. The fourth-order valence-electron chi connectivity index (χ4n) is 6.65. The van der Waals surface area contributed by atoms with Gasteiger partial charge in [0.15, 0.2) is 0 Å². The Balaban J connectivity index is 1.25. The Kier molecular flexibility index (Phi) is 7.03. The van der Waals surface area contributed by atoms with Crippen molar-refractivity contribution in [2.45, 2.75) is 70.0 Å². The first-order valence-electron chi connectivity index (χ1n) is 14.5. The monoisotopic (exact) mass is 563 g/mol. The molecule has 2 aromatic rings. The van der Waals surface area contributed by atoms with E-state index in [1.165, 1.54) is 25.7 Å². The topological polar surface area (TPSA) is 117 Å². The van der Waals surface area contributed by atoms with E-state index in [0.29, 0.717) is 47.6 Å². The quantitative estimate of drug-likeness (QED) is 0.357. The predicted octanol–water partition coefficient (Wildman–Crippen LogP) is 4.57. The minimum Gasteiger partial charge on any atom is -0.333 e. The molecule has 9 heteroatoms. The van der Waals surface area contributed by atoms with Gasteiger partial charge in [-0.05, 0) is 84.7 Å². The van der Waals surface area contributed by atoms with Gasteiger partial charge in [-0.2, -0.15) is 0 Å². The average Bonchev–Trinajstić information content (AvgIpc) is 3.85. The zero-order valence-electron chi connectivity index (χ0n) is 23.1. The lowest BCUT2D eigenvalue weighted by Crippen LogP contribution is -2.59. The number of nitrogens with two attached hydrogens (primary N) is 1. The second-order valence-electron chi connectivity index (χ2n) is 12.5. The van der Waals surface area contributed by atoms with Crippen LogP contribution in [0.2, 0.25) is 5.02 Å². The number of hydrogen-bond donors (Lipinski definition) is 4. The zero-order valence-corrected chi connectivity index (χ0v) is 23.8. The van der Waals surface area contributed by atoms with Crippen LogP contribution in [0.4, 0.5) is 16.2 Å². The van der Waals surface area contributed by atoms with Gasteiger partial charge >= 0.3 is 6.03 Å². The van der Waals surface area contributed by atoms with Crippen molar-refractivity contribution >= 4 is 40.8 Å². The average molecular weight is 564 g/mol. The Morgan fingerprint density at radius 3 is 2.33 bits per heavy atom. The van der Waals surface area contributed by atoms with E-state index < -0.39 is 11.6 Å². The van der Waals surface area contributed by atoms with Crippen LogP contribution in [0.15, 0.2) is 42.5 Å². The number of nitrogens with one attached hydrogen (secondary N) is 3. The molecule has 5 N–H and O–H groups in total.